The van der Waals surface area contributed by atoms with Crippen molar-refractivity contribution in [1.82, 2.24) is 5.43 Å². The van der Waals surface area contributed by atoms with Crippen LogP contribution in [0.15, 0.2) is 30.3 Å². The second kappa shape index (κ2) is 7.66. The molecular weight excluding hydrogens is 232 g/mol. The van der Waals surface area contributed by atoms with E-state index >= 15 is 0 Å². The first-order valence-electron chi connectivity index (χ1n) is 7.79. The fourth-order valence-corrected chi connectivity index (χ4v) is 3.47. The van der Waals surface area contributed by atoms with Crippen LogP contribution in [0, 0.1) is 11.8 Å². The van der Waals surface area contributed by atoms with Crippen molar-refractivity contribution in [3.05, 3.63) is 35.9 Å². The van der Waals surface area contributed by atoms with Crippen molar-refractivity contribution in [2.75, 3.05) is 0 Å². The Morgan fingerprint density at radius 1 is 1.26 bits per heavy atom. The topological polar surface area (TPSA) is 38.0 Å². The monoisotopic (exact) mass is 260 g/mol. The molecule has 19 heavy (non-hydrogen) atoms. The predicted octanol–water partition coefficient (Wildman–Crippen LogP) is 3.67. The van der Waals surface area contributed by atoms with Crippen molar-refractivity contribution in [1.29, 1.82) is 0 Å². The normalized spacial score (nSPS) is 25.2. The number of nitrogens with one attached hydrogen (secondary N) is 1. The Bertz CT molecular complexity index is 350. The lowest BCUT2D eigenvalue weighted by Gasteiger charge is -2.33. The van der Waals surface area contributed by atoms with Gasteiger partial charge in [-0.1, -0.05) is 50.1 Å². The lowest BCUT2D eigenvalue weighted by molar-refractivity contribution is 0.214. The van der Waals surface area contributed by atoms with Crippen LogP contribution in [-0.2, 0) is 6.42 Å². The van der Waals surface area contributed by atoms with E-state index in [-0.39, 0.29) is 0 Å². The number of hydrogen-bond donors (Lipinski definition) is 2. The fourth-order valence-electron chi connectivity index (χ4n) is 3.47. The van der Waals surface area contributed by atoms with E-state index in [0.717, 1.165) is 11.8 Å². The van der Waals surface area contributed by atoms with Crippen molar-refractivity contribution >= 4 is 0 Å². The Hall–Kier alpha value is -0.860. The third-order valence-corrected chi connectivity index (χ3v) is 4.58. The van der Waals surface area contributed by atoms with Crippen LogP contribution in [0.25, 0.3) is 0 Å². The van der Waals surface area contributed by atoms with Gasteiger partial charge in [0, 0.05) is 6.04 Å². The average molecular weight is 260 g/mol. The summed E-state index contributed by atoms with van der Waals surface area (Å²) in [5.41, 5.74) is 4.52. The summed E-state index contributed by atoms with van der Waals surface area (Å²) in [6.07, 6.45) is 9.07. The Balaban J connectivity index is 1.76. The first kappa shape index (κ1) is 14.5. The zero-order valence-electron chi connectivity index (χ0n) is 12.1. The summed E-state index contributed by atoms with van der Waals surface area (Å²) < 4.78 is 0. The van der Waals surface area contributed by atoms with Crippen molar-refractivity contribution in [3.8, 4) is 0 Å². The first-order valence-corrected chi connectivity index (χ1v) is 7.79. The highest BCUT2D eigenvalue weighted by Gasteiger charge is 2.25. The number of hydrazine groups is 1. The molecule has 2 rings (SSSR count). The molecule has 3 atom stereocenters. The smallest absolute Gasteiger partial charge is 0.0239 e. The second-order valence-electron chi connectivity index (χ2n) is 6.18. The summed E-state index contributed by atoms with van der Waals surface area (Å²) >= 11 is 0. The Kier molecular flexibility index (Phi) is 5.87. The van der Waals surface area contributed by atoms with Gasteiger partial charge in [0.05, 0.1) is 0 Å². The zero-order valence-corrected chi connectivity index (χ0v) is 12.1. The van der Waals surface area contributed by atoms with Crippen LogP contribution in [-0.4, -0.2) is 6.04 Å². The van der Waals surface area contributed by atoms with E-state index in [0.29, 0.717) is 6.04 Å². The largest absolute Gasteiger partial charge is 0.271 e. The van der Waals surface area contributed by atoms with E-state index in [1.165, 1.54) is 50.5 Å². The minimum absolute atomic E-state index is 0.506. The average Bonchev–Trinajstić information content (AvgIpc) is 2.45. The van der Waals surface area contributed by atoms with Gasteiger partial charge in [-0.2, -0.15) is 0 Å². The highest BCUT2D eigenvalue weighted by atomic mass is 15.2. The maximum atomic E-state index is 5.78. The maximum Gasteiger partial charge on any atom is 0.0239 e. The van der Waals surface area contributed by atoms with E-state index in [9.17, 15) is 0 Å². The minimum Gasteiger partial charge on any atom is -0.271 e. The van der Waals surface area contributed by atoms with Gasteiger partial charge in [-0.15, -0.1) is 0 Å². The summed E-state index contributed by atoms with van der Waals surface area (Å²) in [4.78, 5) is 0. The van der Waals surface area contributed by atoms with Crippen molar-refractivity contribution in [2.45, 2.75) is 57.9 Å². The predicted molar refractivity (Wildman–Crippen MR) is 81.6 cm³/mol. The number of rotatable bonds is 6. The van der Waals surface area contributed by atoms with Crippen molar-refractivity contribution in [2.24, 2.45) is 17.7 Å². The molecule has 1 aromatic carbocycles. The van der Waals surface area contributed by atoms with E-state index in [4.69, 9.17) is 5.84 Å². The number of benzene rings is 1. The summed E-state index contributed by atoms with van der Waals surface area (Å²) in [5.74, 6) is 7.44. The van der Waals surface area contributed by atoms with Crippen LogP contribution < -0.4 is 11.3 Å². The molecule has 1 aliphatic carbocycles. The van der Waals surface area contributed by atoms with Gasteiger partial charge in [0.15, 0.2) is 0 Å². The Morgan fingerprint density at radius 3 is 2.74 bits per heavy atom. The fraction of sp³-hybridized carbons (Fsp3) is 0.647. The van der Waals surface area contributed by atoms with E-state index < -0.39 is 0 Å². The van der Waals surface area contributed by atoms with Gasteiger partial charge in [-0.05, 0) is 49.5 Å². The second-order valence-corrected chi connectivity index (χ2v) is 6.18. The molecule has 0 heterocycles. The third-order valence-electron chi connectivity index (χ3n) is 4.58. The molecule has 0 bridgehead atoms. The van der Waals surface area contributed by atoms with Crippen molar-refractivity contribution in [3.63, 3.8) is 0 Å². The molecule has 1 saturated carbocycles. The van der Waals surface area contributed by atoms with Gasteiger partial charge in [-0.3, -0.25) is 11.3 Å². The van der Waals surface area contributed by atoms with Gasteiger partial charge in [-0.25, -0.2) is 0 Å². The van der Waals surface area contributed by atoms with E-state index in [1.807, 2.05) is 0 Å². The number of aryl methyl sites for hydroxylation is 1. The van der Waals surface area contributed by atoms with Crippen LogP contribution in [0.2, 0.25) is 0 Å². The SMILES string of the molecule is CC1CCCC(C(CCCc2ccccc2)NN)C1. The van der Waals surface area contributed by atoms with Crippen LogP contribution in [0.4, 0.5) is 0 Å². The van der Waals surface area contributed by atoms with Gasteiger partial charge in [0.25, 0.3) is 0 Å². The maximum absolute atomic E-state index is 5.78. The quantitative estimate of drug-likeness (QED) is 0.605. The Morgan fingerprint density at radius 2 is 2.05 bits per heavy atom. The zero-order chi connectivity index (χ0) is 13.5. The molecule has 3 unspecified atom stereocenters. The molecule has 3 N–H and O–H groups in total. The van der Waals surface area contributed by atoms with Crippen LogP contribution >= 0.6 is 0 Å². The molecule has 0 amide bonds. The van der Waals surface area contributed by atoms with Crippen LogP contribution in [0.5, 0.6) is 0 Å². The molecule has 0 radical (unpaired) electrons. The highest BCUT2D eigenvalue weighted by molar-refractivity contribution is 5.14. The minimum atomic E-state index is 0.506. The molecule has 1 aliphatic rings. The molecule has 106 valence electrons. The molecule has 0 aliphatic heterocycles. The number of nitrogens with two attached hydrogens (primary N) is 1. The standard InChI is InChI=1S/C17H28N2/c1-14-7-5-11-16(13-14)17(19-18)12-6-10-15-8-3-2-4-9-15/h2-4,8-9,14,16-17,19H,5-7,10-13,18H2,1H3. The van der Waals surface area contributed by atoms with Gasteiger partial charge in [0.1, 0.15) is 0 Å². The summed E-state index contributed by atoms with van der Waals surface area (Å²) in [6, 6.07) is 11.3. The van der Waals surface area contributed by atoms with E-state index in [1.54, 1.807) is 0 Å². The van der Waals surface area contributed by atoms with Gasteiger partial charge in [0.2, 0.25) is 0 Å². The Labute approximate surface area is 117 Å². The molecule has 0 aromatic heterocycles. The van der Waals surface area contributed by atoms with Crippen LogP contribution in [0.1, 0.15) is 51.0 Å². The van der Waals surface area contributed by atoms with E-state index in [2.05, 4.69) is 42.7 Å². The lowest BCUT2D eigenvalue weighted by atomic mass is 9.77. The summed E-state index contributed by atoms with van der Waals surface area (Å²) in [6.45, 7) is 2.38. The van der Waals surface area contributed by atoms with Crippen molar-refractivity contribution < 1.29 is 0 Å². The van der Waals surface area contributed by atoms with Crippen LogP contribution in [0.3, 0.4) is 0 Å². The summed E-state index contributed by atoms with van der Waals surface area (Å²) in [7, 11) is 0. The molecule has 0 saturated heterocycles. The molecule has 2 heteroatoms. The summed E-state index contributed by atoms with van der Waals surface area (Å²) in [5, 5.41) is 0. The first-order chi connectivity index (χ1) is 9.29. The van der Waals surface area contributed by atoms with Gasteiger partial charge >= 0.3 is 0 Å². The molecular formula is C17H28N2. The molecule has 2 nitrogen and oxygen atoms in total. The molecule has 1 aromatic rings. The highest BCUT2D eigenvalue weighted by Crippen LogP contribution is 2.32. The lowest BCUT2D eigenvalue weighted by Crippen LogP contribution is -2.42. The molecule has 1 fully saturated rings. The third kappa shape index (κ3) is 4.63. The number of hydrogen-bond acceptors (Lipinski definition) is 2. The van der Waals surface area contributed by atoms with Gasteiger partial charge < -0.3 is 0 Å². The molecule has 0 spiro atoms.